The van der Waals surface area contributed by atoms with Crippen LogP contribution in [-0.4, -0.2) is 56.5 Å². The van der Waals surface area contributed by atoms with Crippen molar-refractivity contribution >= 4 is 28.6 Å². The molecule has 3 heterocycles. The molecule has 2 aliphatic rings. The lowest BCUT2D eigenvalue weighted by Crippen LogP contribution is -2.44. The van der Waals surface area contributed by atoms with Crippen molar-refractivity contribution in [2.45, 2.75) is 64.3 Å². The number of aryl methyl sites for hydroxylation is 1. The van der Waals surface area contributed by atoms with E-state index in [-0.39, 0.29) is 23.8 Å². The number of hydrogen-bond acceptors (Lipinski definition) is 6. The summed E-state index contributed by atoms with van der Waals surface area (Å²) in [5.41, 5.74) is 1.11. The lowest BCUT2D eigenvalue weighted by atomic mass is 9.96. The standard InChI is InChI=1S/C27H30ClN3O5/c1-16-29-24-18(13-27(2,3)34)10-22(36-21-8-9-30-20(11-21)15-35-26(30)33)12-23(24)25(32)31(16)14-17-4-6-19(28)7-5-17/h4-7,10,12,20-21,34H,8-9,11,13-15H2,1-3H3/t20-,21-/m0/s1. The minimum Gasteiger partial charge on any atom is -0.490 e. The Bertz CT molecular complexity index is 1360. The number of ether oxygens (including phenoxy) is 2. The summed E-state index contributed by atoms with van der Waals surface area (Å²) in [7, 11) is 0. The second-order valence-corrected chi connectivity index (χ2v) is 10.8. The molecule has 2 aliphatic heterocycles. The first kappa shape index (κ1) is 24.6. The maximum atomic E-state index is 13.7. The van der Waals surface area contributed by atoms with Gasteiger partial charge in [-0.15, -0.1) is 0 Å². The molecular weight excluding hydrogens is 482 g/mol. The Morgan fingerprint density at radius 3 is 2.69 bits per heavy atom. The summed E-state index contributed by atoms with van der Waals surface area (Å²) in [5.74, 6) is 1.15. The number of piperidine rings is 1. The third-order valence-corrected chi connectivity index (χ3v) is 7.04. The van der Waals surface area contributed by atoms with E-state index in [1.807, 2.05) is 25.1 Å². The number of halogens is 1. The summed E-state index contributed by atoms with van der Waals surface area (Å²) in [6.07, 6.45) is 1.29. The number of aliphatic hydroxyl groups is 1. The first-order valence-electron chi connectivity index (χ1n) is 12.2. The first-order valence-corrected chi connectivity index (χ1v) is 12.6. The molecule has 0 bridgehead atoms. The minimum absolute atomic E-state index is 0.00784. The molecule has 36 heavy (non-hydrogen) atoms. The van der Waals surface area contributed by atoms with Gasteiger partial charge in [-0.2, -0.15) is 0 Å². The number of hydrogen-bond donors (Lipinski definition) is 1. The molecule has 2 atom stereocenters. The molecule has 2 aromatic carbocycles. The Morgan fingerprint density at radius 1 is 1.22 bits per heavy atom. The normalized spacial score (nSPS) is 19.9. The number of carbonyl (C=O) groups excluding carboxylic acids is 1. The van der Waals surface area contributed by atoms with Crippen molar-refractivity contribution in [1.82, 2.24) is 14.5 Å². The van der Waals surface area contributed by atoms with Crippen LogP contribution in [0.3, 0.4) is 0 Å². The Labute approximate surface area is 214 Å². The molecule has 2 fully saturated rings. The maximum Gasteiger partial charge on any atom is 0.410 e. The molecule has 0 aliphatic carbocycles. The summed E-state index contributed by atoms with van der Waals surface area (Å²) in [5, 5.41) is 11.7. The van der Waals surface area contributed by atoms with E-state index in [9.17, 15) is 14.7 Å². The van der Waals surface area contributed by atoms with Gasteiger partial charge in [0.25, 0.3) is 5.56 Å². The smallest absolute Gasteiger partial charge is 0.410 e. The van der Waals surface area contributed by atoms with Crippen LogP contribution in [0.2, 0.25) is 5.02 Å². The topological polar surface area (TPSA) is 93.9 Å². The van der Waals surface area contributed by atoms with Crippen LogP contribution >= 0.6 is 11.6 Å². The Balaban J connectivity index is 1.52. The van der Waals surface area contributed by atoms with Crippen molar-refractivity contribution in [2.24, 2.45) is 0 Å². The van der Waals surface area contributed by atoms with Crippen LogP contribution in [0.4, 0.5) is 4.79 Å². The fourth-order valence-electron chi connectivity index (χ4n) is 5.06. The SMILES string of the molecule is Cc1nc2c(CC(C)(C)O)cc(O[C@H]3CCN4C(=O)OC[C@@H]4C3)cc2c(=O)n1Cc1ccc(Cl)cc1. The van der Waals surface area contributed by atoms with Gasteiger partial charge in [-0.1, -0.05) is 23.7 Å². The number of carbonyl (C=O) groups is 1. The first-order chi connectivity index (χ1) is 17.1. The second kappa shape index (κ2) is 9.41. The molecule has 3 aromatic rings. The van der Waals surface area contributed by atoms with E-state index >= 15 is 0 Å². The summed E-state index contributed by atoms with van der Waals surface area (Å²) < 4.78 is 13.2. The summed E-state index contributed by atoms with van der Waals surface area (Å²) >= 11 is 6.02. The van der Waals surface area contributed by atoms with E-state index in [0.717, 1.165) is 11.1 Å². The van der Waals surface area contributed by atoms with E-state index in [0.29, 0.717) is 66.5 Å². The van der Waals surface area contributed by atoms with Crippen molar-refractivity contribution in [1.29, 1.82) is 0 Å². The fourth-order valence-corrected chi connectivity index (χ4v) is 5.19. The van der Waals surface area contributed by atoms with Crippen molar-refractivity contribution in [3.8, 4) is 5.75 Å². The Kier molecular flexibility index (Phi) is 6.43. The van der Waals surface area contributed by atoms with Gasteiger partial charge in [0.05, 0.1) is 29.1 Å². The lowest BCUT2D eigenvalue weighted by molar-refractivity contribution is 0.0808. The third-order valence-electron chi connectivity index (χ3n) is 6.78. The largest absolute Gasteiger partial charge is 0.490 e. The summed E-state index contributed by atoms with van der Waals surface area (Å²) in [6.45, 7) is 6.59. The zero-order valence-electron chi connectivity index (χ0n) is 20.7. The van der Waals surface area contributed by atoms with Gasteiger partial charge in [0.2, 0.25) is 0 Å². The lowest BCUT2D eigenvalue weighted by Gasteiger charge is -2.32. The van der Waals surface area contributed by atoms with Crippen LogP contribution in [-0.2, 0) is 17.7 Å². The van der Waals surface area contributed by atoms with Crippen molar-refractivity contribution < 1.29 is 19.4 Å². The van der Waals surface area contributed by atoms with Crippen molar-refractivity contribution in [2.75, 3.05) is 13.2 Å². The van der Waals surface area contributed by atoms with Crippen LogP contribution in [0.5, 0.6) is 5.75 Å². The molecule has 0 saturated carbocycles. The predicted octanol–water partition coefficient (Wildman–Crippen LogP) is 4.08. The van der Waals surface area contributed by atoms with Gasteiger partial charge in [-0.05, 0) is 56.2 Å². The van der Waals surface area contributed by atoms with E-state index in [1.54, 1.807) is 41.5 Å². The highest BCUT2D eigenvalue weighted by molar-refractivity contribution is 6.30. The molecule has 1 N–H and O–H groups in total. The van der Waals surface area contributed by atoms with Crippen molar-refractivity contribution in [3.05, 3.63) is 68.7 Å². The van der Waals surface area contributed by atoms with Gasteiger partial charge in [0.1, 0.15) is 24.3 Å². The number of fused-ring (bicyclic) bond motifs is 2. The zero-order valence-corrected chi connectivity index (χ0v) is 21.4. The molecule has 2 saturated heterocycles. The third kappa shape index (κ3) is 5.06. The fraction of sp³-hybridized carbons (Fsp3) is 0.444. The monoisotopic (exact) mass is 511 g/mol. The number of benzene rings is 2. The molecule has 1 aromatic heterocycles. The maximum absolute atomic E-state index is 13.7. The van der Waals surface area contributed by atoms with E-state index in [4.69, 9.17) is 26.1 Å². The average Bonchev–Trinajstić information content (AvgIpc) is 3.18. The van der Waals surface area contributed by atoms with Crippen LogP contribution < -0.4 is 10.3 Å². The minimum atomic E-state index is -0.994. The van der Waals surface area contributed by atoms with Crippen LogP contribution in [0.25, 0.3) is 10.9 Å². The molecule has 0 unspecified atom stereocenters. The number of amides is 1. The van der Waals surface area contributed by atoms with Gasteiger partial charge in [0, 0.05) is 30.8 Å². The molecule has 190 valence electrons. The van der Waals surface area contributed by atoms with Gasteiger partial charge < -0.3 is 19.5 Å². The molecule has 5 rings (SSSR count). The van der Waals surface area contributed by atoms with Gasteiger partial charge in [-0.3, -0.25) is 9.36 Å². The molecule has 8 nitrogen and oxygen atoms in total. The highest BCUT2D eigenvalue weighted by atomic mass is 35.5. The second-order valence-electron chi connectivity index (χ2n) is 10.3. The van der Waals surface area contributed by atoms with E-state index < -0.39 is 5.60 Å². The number of rotatable bonds is 6. The molecule has 1 amide bonds. The molecule has 0 spiro atoms. The van der Waals surface area contributed by atoms with Gasteiger partial charge in [0.15, 0.2) is 0 Å². The van der Waals surface area contributed by atoms with E-state index in [1.165, 1.54) is 0 Å². The van der Waals surface area contributed by atoms with Gasteiger partial charge in [-0.25, -0.2) is 9.78 Å². The number of cyclic esters (lactones) is 1. The van der Waals surface area contributed by atoms with Gasteiger partial charge >= 0.3 is 6.09 Å². The summed E-state index contributed by atoms with van der Waals surface area (Å²) in [4.78, 5) is 32.1. The highest BCUT2D eigenvalue weighted by Gasteiger charge is 2.39. The quantitative estimate of drug-likeness (QED) is 0.536. The molecule has 0 radical (unpaired) electrons. The summed E-state index contributed by atoms with van der Waals surface area (Å²) in [6, 6.07) is 11.0. The van der Waals surface area contributed by atoms with Crippen LogP contribution in [0, 0.1) is 6.92 Å². The van der Waals surface area contributed by atoms with E-state index in [2.05, 4.69) is 0 Å². The van der Waals surface area contributed by atoms with Crippen LogP contribution in [0.1, 0.15) is 43.6 Å². The Hall–Kier alpha value is -3.10. The van der Waals surface area contributed by atoms with Crippen molar-refractivity contribution in [3.63, 3.8) is 0 Å². The van der Waals surface area contributed by atoms with Crippen LogP contribution in [0.15, 0.2) is 41.2 Å². The Morgan fingerprint density at radius 2 is 1.97 bits per heavy atom. The highest BCUT2D eigenvalue weighted by Crippen LogP contribution is 2.30. The molecular formula is C27H30ClN3O5. The zero-order chi connectivity index (χ0) is 25.6. The predicted molar refractivity (Wildman–Crippen MR) is 137 cm³/mol. The number of nitrogens with zero attached hydrogens (tertiary/aromatic N) is 3. The average molecular weight is 512 g/mol. The number of aromatic nitrogens is 2. The molecule has 9 heteroatoms.